The van der Waals surface area contributed by atoms with E-state index in [2.05, 4.69) is 15.3 Å². The summed E-state index contributed by atoms with van der Waals surface area (Å²) < 4.78 is 5.01. The lowest BCUT2D eigenvalue weighted by Gasteiger charge is -2.06. The average Bonchev–Trinajstić information content (AvgIpc) is 2.98. The number of carbonyl (C=O) groups excluding carboxylic acids is 2. The van der Waals surface area contributed by atoms with Gasteiger partial charge in [-0.25, -0.2) is 4.98 Å². The van der Waals surface area contributed by atoms with E-state index in [1.54, 1.807) is 25.1 Å². The molecule has 0 saturated carbocycles. The smallest absolute Gasteiger partial charge is 0.296 e. The van der Waals surface area contributed by atoms with E-state index in [0.717, 1.165) is 11.1 Å². The molecule has 2 aromatic heterocycles. The van der Waals surface area contributed by atoms with E-state index in [1.807, 2.05) is 20.8 Å². The number of aromatic nitrogens is 2. The molecule has 0 bridgehead atoms. The second-order valence-corrected chi connectivity index (χ2v) is 6.05. The number of carbonyl (C=O) groups is 2. The molecule has 1 amide bonds. The molecule has 142 valence electrons. The van der Waals surface area contributed by atoms with Crippen molar-refractivity contribution in [3.63, 3.8) is 0 Å². The van der Waals surface area contributed by atoms with Crippen LogP contribution >= 0.6 is 11.6 Å². The van der Waals surface area contributed by atoms with Gasteiger partial charge in [-0.15, -0.1) is 0 Å². The van der Waals surface area contributed by atoms with E-state index in [4.69, 9.17) is 16.3 Å². The van der Waals surface area contributed by atoms with Crippen LogP contribution in [0.4, 0.5) is 5.69 Å². The fraction of sp³-hybridized carbons (Fsp3) is 0.250. The van der Waals surface area contributed by atoms with E-state index in [9.17, 15) is 9.59 Å². The van der Waals surface area contributed by atoms with Crippen LogP contribution in [0, 0.1) is 13.8 Å². The monoisotopic (exact) mass is 387 g/mol. The molecule has 3 rings (SSSR count). The minimum absolute atomic E-state index is 0.341. The van der Waals surface area contributed by atoms with Crippen molar-refractivity contribution in [1.82, 2.24) is 9.97 Å². The molecule has 7 heteroatoms. The number of amides is 1. The minimum atomic E-state index is -0.732. The Morgan fingerprint density at radius 1 is 1.19 bits per heavy atom. The summed E-state index contributed by atoms with van der Waals surface area (Å²) in [6, 6.07) is 6.68. The Bertz CT molecular complexity index is 996. The molecule has 2 N–H and O–H groups in total. The van der Waals surface area contributed by atoms with Crippen LogP contribution in [0.25, 0.3) is 10.9 Å². The predicted molar refractivity (Wildman–Crippen MR) is 108 cm³/mol. The zero-order valence-electron chi connectivity index (χ0n) is 15.9. The third kappa shape index (κ3) is 4.28. The van der Waals surface area contributed by atoms with Gasteiger partial charge in [0.25, 0.3) is 11.7 Å². The number of Topliss-reactive ketones (excluding diaryl/α,β-unsaturated/α-hetero) is 1. The number of aromatic amines is 1. The van der Waals surface area contributed by atoms with Crippen LogP contribution in [-0.2, 0) is 4.79 Å². The topological polar surface area (TPSA) is 84.1 Å². The summed E-state index contributed by atoms with van der Waals surface area (Å²) in [6.07, 6.45) is 1.49. The minimum Gasteiger partial charge on any atom is -0.481 e. The lowest BCUT2D eigenvalue weighted by Crippen LogP contribution is -2.23. The lowest BCUT2D eigenvalue weighted by atomic mass is 10.0. The number of ketones is 1. The van der Waals surface area contributed by atoms with Crippen molar-refractivity contribution in [2.75, 3.05) is 12.4 Å². The Hall–Kier alpha value is -2.86. The van der Waals surface area contributed by atoms with E-state index < -0.39 is 11.7 Å². The number of hydrogen-bond acceptors (Lipinski definition) is 4. The molecule has 0 aliphatic carbocycles. The molecule has 27 heavy (non-hydrogen) atoms. The second kappa shape index (κ2) is 8.68. The standard InChI is InChI=1S/C18H16ClN3O3.C2H6/c1-9-6-12-14(8-13(9)19)21-10(2)16(12)17(23)18(24)22-11-4-5-20-15(7-11)25-3;1-2/h4-8,21H,1-3H3,(H,20,22,24);1-2H3. The molecule has 6 nitrogen and oxygen atoms in total. The lowest BCUT2D eigenvalue weighted by molar-refractivity contribution is -0.112. The first kappa shape index (κ1) is 20.5. The summed E-state index contributed by atoms with van der Waals surface area (Å²) in [4.78, 5) is 32.1. The van der Waals surface area contributed by atoms with Gasteiger partial charge in [0, 0.05) is 39.6 Å². The number of benzene rings is 1. The molecule has 0 unspecified atom stereocenters. The maximum Gasteiger partial charge on any atom is 0.296 e. The van der Waals surface area contributed by atoms with Gasteiger partial charge in [-0.05, 0) is 37.6 Å². The van der Waals surface area contributed by atoms with Gasteiger partial charge in [0.05, 0.1) is 12.7 Å². The molecule has 2 heterocycles. The number of hydrogen-bond donors (Lipinski definition) is 2. The molecule has 0 saturated heterocycles. The van der Waals surface area contributed by atoms with Crippen molar-refractivity contribution >= 4 is 39.9 Å². The Morgan fingerprint density at radius 3 is 2.56 bits per heavy atom. The van der Waals surface area contributed by atoms with Gasteiger partial charge >= 0.3 is 0 Å². The Kier molecular flexibility index (Phi) is 6.58. The third-order valence-corrected chi connectivity index (χ3v) is 4.31. The zero-order chi connectivity index (χ0) is 20.1. The SMILES string of the molecule is CC.COc1cc(NC(=O)C(=O)c2c(C)[nH]c3cc(Cl)c(C)cc23)ccn1. The highest BCUT2D eigenvalue weighted by atomic mass is 35.5. The number of rotatable bonds is 4. The van der Waals surface area contributed by atoms with Crippen LogP contribution in [0.5, 0.6) is 5.88 Å². The van der Waals surface area contributed by atoms with E-state index in [-0.39, 0.29) is 0 Å². The number of anilines is 1. The van der Waals surface area contributed by atoms with Gasteiger partial charge in [-0.3, -0.25) is 9.59 Å². The van der Waals surface area contributed by atoms with Crippen LogP contribution < -0.4 is 10.1 Å². The summed E-state index contributed by atoms with van der Waals surface area (Å²) in [5, 5.41) is 3.85. The number of H-pyrrole nitrogens is 1. The first-order chi connectivity index (χ1) is 12.9. The molecule has 1 aromatic carbocycles. The molecule has 0 spiro atoms. The zero-order valence-corrected chi connectivity index (χ0v) is 16.7. The van der Waals surface area contributed by atoms with Gasteiger partial charge in [0.15, 0.2) is 0 Å². The van der Waals surface area contributed by atoms with Gasteiger partial charge in [0.1, 0.15) is 0 Å². The summed E-state index contributed by atoms with van der Waals surface area (Å²) in [6.45, 7) is 7.60. The van der Waals surface area contributed by atoms with Gasteiger partial charge < -0.3 is 15.0 Å². The van der Waals surface area contributed by atoms with Crippen LogP contribution in [0.1, 0.15) is 35.5 Å². The highest BCUT2D eigenvalue weighted by Gasteiger charge is 2.23. The van der Waals surface area contributed by atoms with Gasteiger partial charge in [-0.1, -0.05) is 25.4 Å². The van der Waals surface area contributed by atoms with Crippen LogP contribution in [0.2, 0.25) is 5.02 Å². The van der Waals surface area contributed by atoms with Crippen LogP contribution in [-0.4, -0.2) is 28.8 Å². The first-order valence-corrected chi connectivity index (χ1v) is 8.92. The summed E-state index contributed by atoms with van der Waals surface area (Å²) in [5.74, 6) is -1.01. The number of fused-ring (bicyclic) bond motifs is 1. The van der Waals surface area contributed by atoms with Gasteiger partial charge in [0.2, 0.25) is 5.88 Å². The second-order valence-electron chi connectivity index (χ2n) is 5.64. The average molecular weight is 388 g/mol. The molecule has 0 aliphatic heterocycles. The number of nitrogens with zero attached hydrogens (tertiary/aromatic N) is 1. The first-order valence-electron chi connectivity index (χ1n) is 8.55. The number of pyridine rings is 1. The van der Waals surface area contributed by atoms with Crippen molar-refractivity contribution in [3.8, 4) is 5.88 Å². The predicted octanol–water partition coefficient (Wildman–Crippen LogP) is 4.69. The molecule has 3 aromatic rings. The molecular formula is C20H22ClN3O3. The maximum atomic E-state index is 12.7. The Labute approximate surface area is 162 Å². The highest BCUT2D eigenvalue weighted by Crippen LogP contribution is 2.28. The van der Waals surface area contributed by atoms with Crippen molar-refractivity contribution in [1.29, 1.82) is 0 Å². The van der Waals surface area contributed by atoms with E-state index in [0.29, 0.717) is 33.2 Å². The van der Waals surface area contributed by atoms with E-state index >= 15 is 0 Å². The number of aryl methyl sites for hydroxylation is 2. The van der Waals surface area contributed by atoms with Gasteiger partial charge in [-0.2, -0.15) is 0 Å². The number of nitrogens with one attached hydrogen (secondary N) is 2. The fourth-order valence-corrected chi connectivity index (χ4v) is 2.81. The Balaban J connectivity index is 0.00000126. The van der Waals surface area contributed by atoms with Crippen molar-refractivity contribution in [2.45, 2.75) is 27.7 Å². The molecule has 0 fully saturated rings. The normalized spacial score (nSPS) is 10.1. The summed E-state index contributed by atoms with van der Waals surface area (Å²) in [7, 11) is 1.47. The maximum absolute atomic E-state index is 12.7. The van der Waals surface area contributed by atoms with Crippen molar-refractivity contribution in [3.05, 3.63) is 52.3 Å². The Morgan fingerprint density at radius 2 is 1.89 bits per heavy atom. The molecule has 0 radical (unpaired) electrons. The van der Waals surface area contributed by atoms with Crippen molar-refractivity contribution < 1.29 is 14.3 Å². The number of methoxy groups -OCH3 is 1. The summed E-state index contributed by atoms with van der Waals surface area (Å²) >= 11 is 6.13. The molecule has 0 aliphatic rings. The van der Waals surface area contributed by atoms with Crippen LogP contribution in [0.15, 0.2) is 30.5 Å². The van der Waals surface area contributed by atoms with E-state index in [1.165, 1.54) is 19.4 Å². The third-order valence-electron chi connectivity index (χ3n) is 3.90. The fourth-order valence-electron chi connectivity index (χ4n) is 2.65. The highest BCUT2D eigenvalue weighted by molar-refractivity contribution is 6.48. The van der Waals surface area contributed by atoms with Crippen molar-refractivity contribution in [2.24, 2.45) is 0 Å². The summed E-state index contributed by atoms with van der Waals surface area (Å²) in [5.41, 5.74) is 2.94. The number of ether oxygens (including phenoxy) is 1. The number of halogens is 1. The largest absolute Gasteiger partial charge is 0.481 e. The molecule has 0 atom stereocenters. The van der Waals surface area contributed by atoms with Crippen LogP contribution in [0.3, 0.4) is 0 Å². The molecular weight excluding hydrogens is 366 g/mol. The quantitative estimate of drug-likeness (QED) is 0.502.